The van der Waals surface area contributed by atoms with Gasteiger partial charge in [0.2, 0.25) is 10.0 Å². The van der Waals surface area contributed by atoms with Gasteiger partial charge in [-0.25, -0.2) is 13.1 Å². The van der Waals surface area contributed by atoms with Crippen LogP contribution in [0.1, 0.15) is 26.3 Å². The maximum Gasteiger partial charge on any atom is 0.212 e. The van der Waals surface area contributed by atoms with E-state index in [1.54, 1.807) is 0 Å². The van der Waals surface area contributed by atoms with Crippen molar-refractivity contribution in [3.8, 4) is 0 Å². The number of hydrogen-bond donors (Lipinski definition) is 1. The molecule has 0 heterocycles. The van der Waals surface area contributed by atoms with Gasteiger partial charge in [-0.3, -0.25) is 0 Å². The van der Waals surface area contributed by atoms with Gasteiger partial charge in [0.25, 0.3) is 0 Å². The summed E-state index contributed by atoms with van der Waals surface area (Å²) in [7, 11) is -3.21. The standard InChI is InChI=1S/C12H18BrNO2S/c1-12(2,3)9-17(15,16)14-8-10-4-6-11(13)7-5-10/h4-7,14H,8-9H2,1-3H3. The van der Waals surface area contributed by atoms with Crippen molar-refractivity contribution >= 4 is 26.0 Å². The number of sulfonamides is 1. The Morgan fingerprint density at radius 1 is 1.18 bits per heavy atom. The molecule has 0 aliphatic rings. The molecule has 0 saturated carbocycles. The Kier molecular flexibility index (Phi) is 4.75. The van der Waals surface area contributed by atoms with E-state index in [2.05, 4.69) is 20.7 Å². The number of nitrogens with one attached hydrogen (secondary N) is 1. The molecule has 0 spiro atoms. The molecule has 0 amide bonds. The Bertz CT molecular complexity index is 460. The maximum atomic E-state index is 11.8. The van der Waals surface area contributed by atoms with Crippen LogP contribution in [0, 0.1) is 5.41 Å². The highest BCUT2D eigenvalue weighted by Crippen LogP contribution is 2.16. The van der Waals surface area contributed by atoms with Crippen molar-refractivity contribution in [3.63, 3.8) is 0 Å². The zero-order valence-electron chi connectivity index (χ0n) is 10.3. The molecule has 0 unspecified atom stereocenters. The average Bonchev–Trinajstić information content (AvgIpc) is 2.13. The van der Waals surface area contributed by atoms with Crippen LogP contribution in [0.4, 0.5) is 0 Å². The lowest BCUT2D eigenvalue weighted by Gasteiger charge is -2.18. The monoisotopic (exact) mass is 319 g/mol. The Balaban J connectivity index is 2.59. The largest absolute Gasteiger partial charge is 0.212 e. The third kappa shape index (κ3) is 6.19. The molecule has 0 aliphatic heterocycles. The molecule has 1 rings (SSSR count). The molecule has 0 fully saturated rings. The summed E-state index contributed by atoms with van der Waals surface area (Å²) >= 11 is 3.34. The van der Waals surface area contributed by atoms with Crippen molar-refractivity contribution in [2.24, 2.45) is 5.41 Å². The third-order valence-corrected chi connectivity index (χ3v) is 4.39. The average molecular weight is 320 g/mol. The van der Waals surface area contributed by atoms with Crippen molar-refractivity contribution in [1.82, 2.24) is 4.72 Å². The molecule has 5 heteroatoms. The van der Waals surface area contributed by atoms with Crippen molar-refractivity contribution in [1.29, 1.82) is 0 Å². The summed E-state index contributed by atoms with van der Waals surface area (Å²) in [4.78, 5) is 0. The summed E-state index contributed by atoms with van der Waals surface area (Å²) < 4.78 is 27.1. The predicted octanol–water partition coefficient (Wildman–Crippen LogP) is 2.91. The Labute approximate surface area is 112 Å². The lowest BCUT2D eigenvalue weighted by molar-refractivity contribution is 0.458. The summed E-state index contributed by atoms with van der Waals surface area (Å²) in [5.74, 6) is 0.135. The molecule has 0 bridgehead atoms. The normalized spacial score (nSPS) is 12.7. The molecule has 1 aromatic rings. The first kappa shape index (κ1) is 14.7. The SMILES string of the molecule is CC(C)(C)CS(=O)(=O)NCc1ccc(Br)cc1. The molecule has 0 aromatic heterocycles. The zero-order valence-corrected chi connectivity index (χ0v) is 12.7. The van der Waals surface area contributed by atoms with Crippen molar-refractivity contribution in [3.05, 3.63) is 34.3 Å². The van der Waals surface area contributed by atoms with Crippen molar-refractivity contribution in [2.75, 3.05) is 5.75 Å². The van der Waals surface area contributed by atoms with Crippen LogP contribution in [0.15, 0.2) is 28.7 Å². The minimum Gasteiger partial charge on any atom is -0.212 e. The molecular formula is C12H18BrNO2S. The highest BCUT2D eigenvalue weighted by Gasteiger charge is 2.20. The highest BCUT2D eigenvalue weighted by atomic mass is 79.9. The predicted molar refractivity (Wildman–Crippen MR) is 74.2 cm³/mol. The van der Waals surface area contributed by atoms with E-state index < -0.39 is 10.0 Å². The quantitative estimate of drug-likeness (QED) is 0.927. The van der Waals surface area contributed by atoms with Gasteiger partial charge in [0.15, 0.2) is 0 Å². The molecule has 96 valence electrons. The van der Waals surface area contributed by atoms with Crippen LogP contribution in [0.5, 0.6) is 0 Å². The molecule has 1 N–H and O–H groups in total. The molecule has 0 saturated heterocycles. The second kappa shape index (κ2) is 5.50. The van der Waals surface area contributed by atoms with Gasteiger partial charge in [0.1, 0.15) is 0 Å². The van der Waals surface area contributed by atoms with E-state index in [-0.39, 0.29) is 11.2 Å². The molecule has 0 radical (unpaired) electrons. The van der Waals surface area contributed by atoms with Crippen molar-refractivity contribution < 1.29 is 8.42 Å². The molecule has 0 atom stereocenters. The lowest BCUT2D eigenvalue weighted by Crippen LogP contribution is -2.31. The summed E-state index contributed by atoms with van der Waals surface area (Å²) in [6.45, 7) is 6.06. The van der Waals surface area contributed by atoms with Gasteiger partial charge < -0.3 is 0 Å². The molecule has 0 aliphatic carbocycles. The van der Waals surface area contributed by atoms with Crippen LogP contribution < -0.4 is 4.72 Å². The van der Waals surface area contributed by atoms with Gasteiger partial charge >= 0.3 is 0 Å². The van der Waals surface area contributed by atoms with Crippen LogP contribution in [0.25, 0.3) is 0 Å². The van der Waals surface area contributed by atoms with E-state index in [1.165, 1.54) is 0 Å². The third-order valence-electron chi connectivity index (χ3n) is 2.03. The number of rotatable bonds is 4. The van der Waals surface area contributed by atoms with Gasteiger partial charge in [-0.2, -0.15) is 0 Å². The number of benzene rings is 1. The first-order valence-corrected chi connectivity index (χ1v) is 7.84. The maximum absolute atomic E-state index is 11.8. The van der Waals surface area contributed by atoms with E-state index in [0.29, 0.717) is 6.54 Å². The molecule has 1 aromatic carbocycles. The van der Waals surface area contributed by atoms with Gasteiger partial charge in [-0.05, 0) is 23.1 Å². The molecule has 3 nitrogen and oxygen atoms in total. The van der Waals surface area contributed by atoms with Crippen LogP contribution in [-0.2, 0) is 16.6 Å². The smallest absolute Gasteiger partial charge is 0.212 e. The zero-order chi connectivity index (χ0) is 13.1. The fourth-order valence-corrected chi connectivity index (χ4v) is 3.31. The van der Waals surface area contributed by atoms with Crippen LogP contribution in [0.3, 0.4) is 0 Å². The molecule has 17 heavy (non-hydrogen) atoms. The fourth-order valence-electron chi connectivity index (χ4n) is 1.42. The Morgan fingerprint density at radius 2 is 1.71 bits per heavy atom. The van der Waals surface area contributed by atoms with Gasteiger partial charge in [-0.15, -0.1) is 0 Å². The van der Waals surface area contributed by atoms with Gasteiger partial charge in [0.05, 0.1) is 5.75 Å². The first-order chi connectivity index (χ1) is 7.68. The van der Waals surface area contributed by atoms with E-state index >= 15 is 0 Å². The summed E-state index contributed by atoms with van der Waals surface area (Å²) in [5, 5.41) is 0. The molecular weight excluding hydrogens is 302 g/mol. The van der Waals surface area contributed by atoms with Gasteiger partial charge in [-0.1, -0.05) is 48.8 Å². The number of halogens is 1. The minimum absolute atomic E-state index is 0.135. The van der Waals surface area contributed by atoms with Gasteiger partial charge in [0, 0.05) is 11.0 Å². The van der Waals surface area contributed by atoms with E-state index in [0.717, 1.165) is 10.0 Å². The van der Waals surface area contributed by atoms with Crippen LogP contribution >= 0.6 is 15.9 Å². The Morgan fingerprint density at radius 3 is 2.18 bits per heavy atom. The minimum atomic E-state index is -3.21. The van der Waals surface area contributed by atoms with Crippen LogP contribution in [-0.4, -0.2) is 14.2 Å². The summed E-state index contributed by atoms with van der Waals surface area (Å²) in [6, 6.07) is 7.58. The van der Waals surface area contributed by atoms with Crippen molar-refractivity contribution in [2.45, 2.75) is 27.3 Å². The Hall–Kier alpha value is -0.390. The first-order valence-electron chi connectivity index (χ1n) is 5.40. The van der Waals surface area contributed by atoms with E-state index in [1.807, 2.05) is 45.0 Å². The fraction of sp³-hybridized carbons (Fsp3) is 0.500. The van der Waals surface area contributed by atoms with Crippen LogP contribution in [0.2, 0.25) is 0 Å². The number of hydrogen-bond acceptors (Lipinski definition) is 2. The summed E-state index contributed by atoms with van der Waals surface area (Å²) in [6.07, 6.45) is 0. The van der Waals surface area contributed by atoms with E-state index in [9.17, 15) is 8.42 Å². The second-order valence-electron chi connectivity index (χ2n) is 5.27. The topological polar surface area (TPSA) is 46.2 Å². The lowest BCUT2D eigenvalue weighted by atomic mass is 10.0. The second-order valence-corrected chi connectivity index (χ2v) is 7.99. The van der Waals surface area contributed by atoms with E-state index in [4.69, 9.17) is 0 Å². The highest BCUT2D eigenvalue weighted by molar-refractivity contribution is 9.10. The summed E-state index contributed by atoms with van der Waals surface area (Å²) in [5.41, 5.74) is 0.719.